The average Bonchev–Trinajstić information content (AvgIpc) is 2.79. The lowest BCUT2D eigenvalue weighted by Crippen LogP contribution is -2.25. The maximum Gasteiger partial charge on any atom is 0.0213 e. The first-order chi connectivity index (χ1) is 6.70. The highest BCUT2D eigenvalue weighted by Crippen LogP contribution is 2.55. The molecule has 1 aliphatic carbocycles. The van der Waals surface area contributed by atoms with Gasteiger partial charge in [0.2, 0.25) is 0 Å². The maximum absolute atomic E-state index is 3.64. The summed E-state index contributed by atoms with van der Waals surface area (Å²) in [5.41, 5.74) is 1.84. The van der Waals surface area contributed by atoms with Crippen molar-refractivity contribution in [2.45, 2.75) is 18.8 Å². The zero-order valence-corrected chi connectivity index (χ0v) is 10.3. The van der Waals surface area contributed by atoms with E-state index in [1.807, 2.05) is 7.05 Å². The van der Waals surface area contributed by atoms with E-state index in [0.717, 1.165) is 12.5 Å². The minimum atomic E-state index is 0.384. The Morgan fingerprint density at radius 3 is 2.64 bits per heavy atom. The van der Waals surface area contributed by atoms with E-state index in [9.17, 15) is 0 Å². The number of hydrogen-bond acceptors (Lipinski definition) is 1. The Morgan fingerprint density at radius 1 is 1.50 bits per heavy atom. The summed E-state index contributed by atoms with van der Waals surface area (Å²) in [6, 6.07) is 8.58. The summed E-state index contributed by atoms with van der Waals surface area (Å²) in [7, 11) is 2.03. The van der Waals surface area contributed by atoms with E-state index < -0.39 is 0 Å². The molecule has 2 rings (SSSR count). The second-order valence-electron chi connectivity index (χ2n) is 4.27. The molecular formula is C12H16BrN. The van der Waals surface area contributed by atoms with E-state index in [1.165, 1.54) is 16.5 Å². The largest absolute Gasteiger partial charge is 0.319 e. The van der Waals surface area contributed by atoms with Crippen molar-refractivity contribution in [2.24, 2.45) is 5.92 Å². The van der Waals surface area contributed by atoms with Crippen molar-refractivity contribution in [3.8, 4) is 0 Å². The molecule has 0 amide bonds. The summed E-state index contributed by atoms with van der Waals surface area (Å²) in [4.78, 5) is 0. The van der Waals surface area contributed by atoms with Crippen LogP contribution in [0.1, 0.15) is 18.9 Å². The van der Waals surface area contributed by atoms with Crippen LogP contribution in [0.15, 0.2) is 28.7 Å². The highest BCUT2D eigenvalue weighted by molar-refractivity contribution is 9.10. The molecule has 1 fully saturated rings. The molecule has 0 radical (unpaired) electrons. The molecule has 0 bridgehead atoms. The molecule has 0 aliphatic heterocycles. The first-order valence-corrected chi connectivity index (χ1v) is 5.89. The average molecular weight is 254 g/mol. The van der Waals surface area contributed by atoms with Gasteiger partial charge >= 0.3 is 0 Å². The van der Waals surface area contributed by atoms with Crippen molar-refractivity contribution in [2.75, 3.05) is 13.6 Å². The quantitative estimate of drug-likeness (QED) is 0.874. The highest BCUT2D eigenvalue weighted by Gasteiger charge is 2.52. The highest BCUT2D eigenvalue weighted by atomic mass is 79.9. The van der Waals surface area contributed by atoms with Gasteiger partial charge in [-0.2, -0.15) is 0 Å². The predicted molar refractivity (Wildman–Crippen MR) is 63.5 cm³/mol. The van der Waals surface area contributed by atoms with Crippen LogP contribution in [0, 0.1) is 5.92 Å². The van der Waals surface area contributed by atoms with Crippen LogP contribution in [0.5, 0.6) is 0 Å². The Labute approximate surface area is 94.0 Å². The molecule has 0 spiro atoms. The van der Waals surface area contributed by atoms with E-state index in [1.54, 1.807) is 0 Å². The van der Waals surface area contributed by atoms with Gasteiger partial charge in [0.1, 0.15) is 0 Å². The van der Waals surface area contributed by atoms with Gasteiger partial charge in [-0.25, -0.2) is 0 Å². The molecule has 1 N–H and O–H groups in total. The van der Waals surface area contributed by atoms with Crippen molar-refractivity contribution in [3.05, 3.63) is 34.3 Å². The van der Waals surface area contributed by atoms with Gasteiger partial charge < -0.3 is 5.32 Å². The van der Waals surface area contributed by atoms with E-state index in [-0.39, 0.29) is 0 Å². The van der Waals surface area contributed by atoms with Gasteiger partial charge in [-0.1, -0.05) is 41.1 Å². The minimum absolute atomic E-state index is 0.384. The molecule has 1 aliphatic rings. The number of benzene rings is 1. The van der Waals surface area contributed by atoms with E-state index in [4.69, 9.17) is 0 Å². The van der Waals surface area contributed by atoms with Crippen molar-refractivity contribution in [1.29, 1.82) is 0 Å². The fraction of sp³-hybridized carbons (Fsp3) is 0.500. The SMILES string of the molecule is CNCC1(c2ccccc2Br)CC1C. The number of nitrogens with one attached hydrogen (secondary N) is 1. The maximum atomic E-state index is 3.64. The molecule has 14 heavy (non-hydrogen) atoms. The van der Waals surface area contributed by atoms with E-state index in [0.29, 0.717) is 5.41 Å². The number of rotatable bonds is 3. The monoisotopic (exact) mass is 253 g/mol. The van der Waals surface area contributed by atoms with Crippen molar-refractivity contribution >= 4 is 15.9 Å². The topological polar surface area (TPSA) is 12.0 Å². The summed E-state index contributed by atoms with van der Waals surface area (Å²) >= 11 is 3.64. The lowest BCUT2D eigenvalue weighted by molar-refractivity contribution is 0.579. The van der Waals surface area contributed by atoms with Gasteiger partial charge in [-0.05, 0) is 31.0 Å². The van der Waals surface area contributed by atoms with Crippen LogP contribution < -0.4 is 5.32 Å². The Balaban J connectivity index is 2.34. The fourth-order valence-corrected chi connectivity index (χ4v) is 3.06. The summed E-state index contributed by atoms with van der Waals surface area (Å²) in [6.07, 6.45) is 1.30. The van der Waals surface area contributed by atoms with Crippen LogP contribution in [0.2, 0.25) is 0 Å². The van der Waals surface area contributed by atoms with Gasteiger partial charge in [0.05, 0.1) is 0 Å². The van der Waals surface area contributed by atoms with Crippen molar-refractivity contribution in [1.82, 2.24) is 5.32 Å². The second kappa shape index (κ2) is 3.67. The molecule has 2 heteroatoms. The number of hydrogen-bond donors (Lipinski definition) is 1. The van der Waals surface area contributed by atoms with Gasteiger partial charge in [0.25, 0.3) is 0 Å². The zero-order valence-electron chi connectivity index (χ0n) is 8.68. The smallest absolute Gasteiger partial charge is 0.0213 e. The molecule has 1 aromatic rings. The van der Waals surface area contributed by atoms with Crippen LogP contribution >= 0.6 is 15.9 Å². The Morgan fingerprint density at radius 2 is 2.14 bits per heavy atom. The Hall–Kier alpha value is -0.340. The summed E-state index contributed by atoms with van der Waals surface area (Å²) in [6.45, 7) is 3.41. The van der Waals surface area contributed by atoms with Gasteiger partial charge in [-0.3, -0.25) is 0 Å². The molecule has 1 aromatic carbocycles. The van der Waals surface area contributed by atoms with Crippen molar-refractivity contribution < 1.29 is 0 Å². The Bertz CT molecular complexity index is 337. The van der Waals surface area contributed by atoms with Gasteiger partial charge in [0.15, 0.2) is 0 Å². The molecule has 0 heterocycles. The first kappa shape index (κ1) is 10.2. The molecule has 1 nitrogen and oxygen atoms in total. The number of halogens is 1. The summed E-state index contributed by atoms with van der Waals surface area (Å²) < 4.78 is 1.25. The minimum Gasteiger partial charge on any atom is -0.319 e. The lowest BCUT2D eigenvalue weighted by atomic mass is 9.93. The molecular weight excluding hydrogens is 238 g/mol. The summed E-state index contributed by atoms with van der Waals surface area (Å²) in [5, 5.41) is 3.31. The van der Waals surface area contributed by atoms with E-state index >= 15 is 0 Å². The molecule has 1 saturated carbocycles. The van der Waals surface area contributed by atoms with Gasteiger partial charge in [-0.15, -0.1) is 0 Å². The lowest BCUT2D eigenvalue weighted by Gasteiger charge is -2.18. The van der Waals surface area contributed by atoms with Gasteiger partial charge in [0, 0.05) is 16.4 Å². The third-order valence-electron chi connectivity index (χ3n) is 3.36. The normalized spacial score (nSPS) is 30.4. The third-order valence-corrected chi connectivity index (χ3v) is 4.05. The number of likely N-dealkylation sites (N-methyl/N-ethyl adjacent to an activating group) is 1. The van der Waals surface area contributed by atoms with Crippen molar-refractivity contribution in [3.63, 3.8) is 0 Å². The van der Waals surface area contributed by atoms with Crippen LogP contribution in [0.3, 0.4) is 0 Å². The molecule has 0 saturated heterocycles. The fourth-order valence-electron chi connectivity index (χ4n) is 2.38. The van der Waals surface area contributed by atoms with Crippen LogP contribution in [0.25, 0.3) is 0 Å². The predicted octanol–water partition coefficient (Wildman–Crippen LogP) is 2.95. The van der Waals surface area contributed by atoms with Crippen LogP contribution in [-0.2, 0) is 5.41 Å². The first-order valence-electron chi connectivity index (χ1n) is 5.10. The molecule has 2 atom stereocenters. The van der Waals surface area contributed by atoms with E-state index in [2.05, 4.69) is 52.4 Å². The van der Waals surface area contributed by atoms with Crippen LogP contribution in [-0.4, -0.2) is 13.6 Å². The van der Waals surface area contributed by atoms with Crippen LogP contribution in [0.4, 0.5) is 0 Å². The molecule has 76 valence electrons. The molecule has 0 aromatic heterocycles. The standard InChI is InChI=1S/C12H16BrN/c1-9-7-12(9,8-14-2)10-5-3-4-6-11(10)13/h3-6,9,14H,7-8H2,1-2H3. The summed E-state index contributed by atoms with van der Waals surface area (Å²) in [5.74, 6) is 0.800. The third kappa shape index (κ3) is 1.51. The molecule has 2 unspecified atom stereocenters. The zero-order chi connectivity index (χ0) is 10.2. The second-order valence-corrected chi connectivity index (χ2v) is 5.13. The Kier molecular flexibility index (Phi) is 2.67.